The van der Waals surface area contributed by atoms with Crippen LogP contribution in [0.3, 0.4) is 0 Å². The van der Waals surface area contributed by atoms with E-state index in [1.165, 1.54) is 0 Å². The molecule has 9 heteroatoms. The third-order valence-electron chi connectivity index (χ3n) is 3.14. The van der Waals surface area contributed by atoms with Crippen molar-refractivity contribution in [3.63, 3.8) is 0 Å². The van der Waals surface area contributed by atoms with Crippen molar-refractivity contribution in [2.75, 3.05) is 31.8 Å². The Labute approximate surface area is 111 Å². The second kappa shape index (κ2) is 6.20. The van der Waals surface area contributed by atoms with Gasteiger partial charge in [-0.15, -0.1) is 0 Å². The third kappa shape index (κ3) is 4.06. The van der Waals surface area contributed by atoms with Crippen LogP contribution >= 0.6 is 0 Å². The molecule has 1 amide bonds. The minimum atomic E-state index is -3.15. The van der Waals surface area contributed by atoms with Gasteiger partial charge in [-0.3, -0.25) is 4.79 Å². The van der Waals surface area contributed by atoms with E-state index >= 15 is 0 Å². The SMILES string of the molecule is CS(=O)(=O)CCNC(=O)C1(C(N)=NO)CCOCC1. The number of hydrogen-bond acceptors (Lipinski definition) is 6. The first kappa shape index (κ1) is 15.7. The molecule has 0 aromatic rings. The van der Waals surface area contributed by atoms with E-state index in [4.69, 9.17) is 15.7 Å². The zero-order valence-corrected chi connectivity index (χ0v) is 11.6. The summed E-state index contributed by atoms with van der Waals surface area (Å²) in [6, 6.07) is 0. The van der Waals surface area contributed by atoms with Crippen molar-refractivity contribution in [2.24, 2.45) is 16.3 Å². The van der Waals surface area contributed by atoms with Gasteiger partial charge < -0.3 is 21.0 Å². The Hall–Kier alpha value is -1.35. The molecule has 0 radical (unpaired) electrons. The maximum atomic E-state index is 12.2. The van der Waals surface area contributed by atoms with Gasteiger partial charge in [0, 0.05) is 26.0 Å². The minimum absolute atomic E-state index is 0.00101. The number of nitrogens with zero attached hydrogens (tertiary/aromatic N) is 1. The molecule has 1 heterocycles. The van der Waals surface area contributed by atoms with E-state index in [1.54, 1.807) is 0 Å². The monoisotopic (exact) mass is 293 g/mol. The first-order valence-corrected chi connectivity index (χ1v) is 7.90. The molecule has 8 nitrogen and oxygen atoms in total. The van der Waals surface area contributed by atoms with Crippen molar-refractivity contribution in [3.8, 4) is 0 Å². The summed E-state index contributed by atoms with van der Waals surface area (Å²) in [6.45, 7) is 0.657. The summed E-state index contributed by atoms with van der Waals surface area (Å²) < 4.78 is 27.2. The van der Waals surface area contributed by atoms with Crippen molar-refractivity contribution < 1.29 is 23.2 Å². The smallest absolute Gasteiger partial charge is 0.234 e. The summed E-state index contributed by atoms with van der Waals surface area (Å²) in [7, 11) is -3.15. The highest BCUT2D eigenvalue weighted by Gasteiger charge is 2.44. The van der Waals surface area contributed by atoms with E-state index in [1.807, 2.05) is 0 Å². The van der Waals surface area contributed by atoms with Gasteiger partial charge in [0.05, 0.1) is 5.75 Å². The highest BCUT2D eigenvalue weighted by Crippen LogP contribution is 2.31. The summed E-state index contributed by atoms with van der Waals surface area (Å²) in [5, 5.41) is 14.2. The molecule has 1 saturated heterocycles. The van der Waals surface area contributed by atoms with Crippen LogP contribution in [0.5, 0.6) is 0 Å². The van der Waals surface area contributed by atoms with Crippen LogP contribution in [0.2, 0.25) is 0 Å². The van der Waals surface area contributed by atoms with Gasteiger partial charge in [0.2, 0.25) is 5.91 Å². The fourth-order valence-corrected chi connectivity index (χ4v) is 2.41. The Kier molecular flexibility index (Phi) is 5.12. The lowest BCUT2D eigenvalue weighted by atomic mass is 9.78. The predicted molar refractivity (Wildman–Crippen MR) is 68.6 cm³/mol. The third-order valence-corrected chi connectivity index (χ3v) is 4.08. The van der Waals surface area contributed by atoms with Gasteiger partial charge in [0.15, 0.2) is 5.84 Å². The Balaban J connectivity index is 2.73. The molecule has 0 aromatic heterocycles. The van der Waals surface area contributed by atoms with Crippen LogP contribution in [-0.4, -0.2) is 57.1 Å². The van der Waals surface area contributed by atoms with Crippen LogP contribution in [-0.2, 0) is 19.4 Å². The molecular formula is C10H19N3O5S. The van der Waals surface area contributed by atoms with E-state index < -0.39 is 21.2 Å². The number of ether oxygens (including phenoxy) is 1. The molecule has 1 rings (SSSR count). The van der Waals surface area contributed by atoms with E-state index in [9.17, 15) is 13.2 Å². The lowest BCUT2D eigenvalue weighted by Crippen LogP contribution is -2.53. The zero-order chi connectivity index (χ0) is 14.5. The average molecular weight is 293 g/mol. The second-order valence-electron chi connectivity index (χ2n) is 4.57. The molecule has 19 heavy (non-hydrogen) atoms. The summed E-state index contributed by atoms with van der Waals surface area (Å²) in [4.78, 5) is 12.2. The number of sulfone groups is 1. The molecule has 0 atom stereocenters. The van der Waals surface area contributed by atoms with Crippen molar-refractivity contribution in [1.82, 2.24) is 5.32 Å². The summed E-state index contributed by atoms with van der Waals surface area (Å²) in [5.41, 5.74) is 4.49. The van der Waals surface area contributed by atoms with Crippen molar-refractivity contribution >= 4 is 21.6 Å². The molecule has 0 aromatic carbocycles. The first-order valence-electron chi connectivity index (χ1n) is 5.83. The Bertz CT molecular complexity index is 454. The van der Waals surface area contributed by atoms with Gasteiger partial charge in [-0.05, 0) is 12.8 Å². The number of rotatable bonds is 5. The van der Waals surface area contributed by atoms with E-state index in [-0.39, 0.29) is 18.1 Å². The van der Waals surface area contributed by atoms with Crippen LogP contribution < -0.4 is 11.1 Å². The fraction of sp³-hybridized carbons (Fsp3) is 0.800. The highest BCUT2D eigenvalue weighted by molar-refractivity contribution is 7.90. The first-order chi connectivity index (χ1) is 8.82. The van der Waals surface area contributed by atoms with Gasteiger partial charge >= 0.3 is 0 Å². The highest BCUT2D eigenvalue weighted by atomic mass is 32.2. The number of nitrogens with one attached hydrogen (secondary N) is 1. The standard InChI is InChI=1S/C10H19N3O5S/c1-19(16,17)7-4-12-9(14)10(8(11)13-15)2-5-18-6-3-10/h15H,2-7H2,1H3,(H2,11,13)(H,12,14). The van der Waals surface area contributed by atoms with Crippen LogP contribution in [0.15, 0.2) is 5.16 Å². The summed E-state index contributed by atoms with van der Waals surface area (Å²) in [6.07, 6.45) is 1.69. The Morgan fingerprint density at radius 1 is 1.47 bits per heavy atom. The number of amidine groups is 1. The lowest BCUT2D eigenvalue weighted by molar-refractivity contribution is -0.131. The minimum Gasteiger partial charge on any atom is -0.409 e. The van der Waals surface area contributed by atoms with Crippen LogP contribution in [0.1, 0.15) is 12.8 Å². The van der Waals surface area contributed by atoms with Gasteiger partial charge in [0.25, 0.3) is 0 Å². The van der Waals surface area contributed by atoms with Crippen molar-refractivity contribution in [3.05, 3.63) is 0 Å². The number of carbonyl (C=O) groups excluding carboxylic acids is 1. The quantitative estimate of drug-likeness (QED) is 0.250. The molecule has 0 aliphatic carbocycles. The molecule has 0 spiro atoms. The number of amides is 1. The number of hydrogen-bond donors (Lipinski definition) is 3. The molecule has 4 N–H and O–H groups in total. The van der Waals surface area contributed by atoms with Crippen LogP contribution in [0.4, 0.5) is 0 Å². The topological polar surface area (TPSA) is 131 Å². The Morgan fingerprint density at radius 2 is 2.05 bits per heavy atom. The number of oxime groups is 1. The van der Waals surface area contributed by atoms with E-state index in [2.05, 4.69) is 10.5 Å². The molecule has 1 aliphatic heterocycles. The maximum Gasteiger partial charge on any atom is 0.234 e. The van der Waals surface area contributed by atoms with Crippen LogP contribution in [0.25, 0.3) is 0 Å². The predicted octanol–water partition coefficient (Wildman–Crippen LogP) is -1.31. The second-order valence-corrected chi connectivity index (χ2v) is 6.83. The molecule has 1 fully saturated rings. The van der Waals surface area contributed by atoms with Gasteiger partial charge in [-0.1, -0.05) is 5.16 Å². The van der Waals surface area contributed by atoms with Gasteiger partial charge in [0.1, 0.15) is 15.3 Å². The number of carbonyl (C=O) groups is 1. The van der Waals surface area contributed by atoms with E-state index in [0.29, 0.717) is 26.1 Å². The molecule has 0 bridgehead atoms. The molecule has 0 unspecified atom stereocenters. The number of nitrogens with two attached hydrogens (primary N) is 1. The van der Waals surface area contributed by atoms with Crippen molar-refractivity contribution in [2.45, 2.75) is 12.8 Å². The Morgan fingerprint density at radius 3 is 2.53 bits per heavy atom. The summed E-state index contributed by atoms with van der Waals surface area (Å²) in [5.74, 6) is -0.760. The molecule has 1 aliphatic rings. The van der Waals surface area contributed by atoms with E-state index in [0.717, 1.165) is 6.26 Å². The summed E-state index contributed by atoms with van der Waals surface area (Å²) >= 11 is 0. The lowest BCUT2D eigenvalue weighted by Gasteiger charge is -2.34. The maximum absolute atomic E-state index is 12.2. The van der Waals surface area contributed by atoms with Gasteiger partial charge in [-0.25, -0.2) is 8.42 Å². The van der Waals surface area contributed by atoms with Gasteiger partial charge in [-0.2, -0.15) is 0 Å². The average Bonchev–Trinajstić information content (AvgIpc) is 2.36. The normalized spacial score (nSPS) is 19.9. The molecular weight excluding hydrogens is 274 g/mol. The van der Waals surface area contributed by atoms with Crippen molar-refractivity contribution in [1.29, 1.82) is 0 Å². The largest absolute Gasteiger partial charge is 0.409 e. The molecule has 0 saturated carbocycles. The fourth-order valence-electron chi connectivity index (χ4n) is 1.93. The molecule has 110 valence electrons. The van der Waals surface area contributed by atoms with Crippen LogP contribution in [0, 0.1) is 5.41 Å². The zero-order valence-electron chi connectivity index (χ0n) is 10.8.